The number of nitro benzene ring substituents is 1. The number of nitrogens with one attached hydrogen (secondary N) is 1. The van der Waals surface area contributed by atoms with Crippen molar-refractivity contribution >= 4 is 23.0 Å². The number of hydrogen-bond acceptors (Lipinski definition) is 5. The highest BCUT2D eigenvalue weighted by molar-refractivity contribution is 6.31. The Balaban J connectivity index is 2.40. The van der Waals surface area contributed by atoms with Gasteiger partial charge in [-0.05, 0) is 13.0 Å². The molecular weight excluding hydrogens is 270 g/mol. The van der Waals surface area contributed by atoms with Gasteiger partial charge >= 0.3 is 0 Å². The van der Waals surface area contributed by atoms with E-state index in [0.29, 0.717) is 22.8 Å². The molecule has 0 atom stereocenters. The van der Waals surface area contributed by atoms with Crippen molar-refractivity contribution in [1.82, 2.24) is 9.78 Å². The molecule has 0 bridgehead atoms. The number of hydrazine groups is 1. The molecule has 7 nitrogen and oxygen atoms in total. The normalized spacial score (nSPS) is 10.5. The quantitative estimate of drug-likeness (QED) is 0.508. The van der Waals surface area contributed by atoms with Crippen molar-refractivity contribution in [3.8, 4) is 0 Å². The molecule has 0 fully saturated rings. The molecule has 8 heteroatoms. The molecule has 0 saturated heterocycles. The van der Waals surface area contributed by atoms with E-state index in [4.69, 9.17) is 17.4 Å². The van der Waals surface area contributed by atoms with E-state index in [2.05, 4.69) is 10.5 Å². The van der Waals surface area contributed by atoms with Crippen LogP contribution in [0, 0.1) is 17.0 Å². The van der Waals surface area contributed by atoms with Crippen molar-refractivity contribution in [2.24, 2.45) is 5.84 Å². The van der Waals surface area contributed by atoms with Gasteiger partial charge in [-0.3, -0.25) is 20.6 Å². The first-order valence-electron chi connectivity index (χ1n) is 5.44. The van der Waals surface area contributed by atoms with Gasteiger partial charge in [-0.25, -0.2) is 0 Å². The predicted octanol–water partition coefficient (Wildman–Crippen LogP) is 2.09. The Kier molecular flexibility index (Phi) is 3.68. The summed E-state index contributed by atoms with van der Waals surface area (Å²) in [6.45, 7) is 2.17. The second-order valence-electron chi connectivity index (χ2n) is 3.98. The van der Waals surface area contributed by atoms with Crippen LogP contribution in [0.25, 0.3) is 0 Å². The van der Waals surface area contributed by atoms with E-state index in [1.807, 2.05) is 6.92 Å². The zero-order valence-corrected chi connectivity index (χ0v) is 10.9. The molecule has 1 heterocycles. The van der Waals surface area contributed by atoms with Crippen LogP contribution in [0.15, 0.2) is 24.4 Å². The summed E-state index contributed by atoms with van der Waals surface area (Å²) in [6, 6.07) is 4.42. The SMILES string of the molecule is Cc1c(Cl)cnn1Cc1cc([N+](=O)[O-])ccc1NN. The van der Waals surface area contributed by atoms with Crippen LogP contribution in [0.5, 0.6) is 0 Å². The molecular formula is C11H12ClN5O2. The van der Waals surface area contributed by atoms with Gasteiger partial charge in [0.15, 0.2) is 0 Å². The van der Waals surface area contributed by atoms with E-state index >= 15 is 0 Å². The maximum absolute atomic E-state index is 10.8. The fraction of sp³-hybridized carbons (Fsp3) is 0.182. The van der Waals surface area contributed by atoms with Crippen molar-refractivity contribution in [1.29, 1.82) is 0 Å². The molecule has 0 radical (unpaired) electrons. The first kappa shape index (κ1) is 13.3. The maximum atomic E-state index is 10.8. The van der Waals surface area contributed by atoms with Gasteiger partial charge in [0.2, 0.25) is 0 Å². The minimum atomic E-state index is -0.452. The molecule has 3 N–H and O–H groups in total. The third kappa shape index (κ3) is 2.67. The summed E-state index contributed by atoms with van der Waals surface area (Å²) >= 11 is 5.92. The topological polar surface area (TPSA) is 99.0 Å². The minimum absolute atomic E-state index is 0.00454. The van der Waals surface area contributed by atoms with Gasteiger partial charge in [-0.1, -0.05) is 11.6 Å². The Morgan fingerprint density at radius 3 is 2.84 bits per heavy atom. The molecule has 0 spiro atoms. The maximum Gasteiger partial charge on any atom is 0.269 e. The molecule has 0 aliphatic rings. The lowest BCUT2D eigenvalue weighted by Gasteiger charge is -2.10. The van der Waals surface area contributed by atoms with Gasteiger partial charge in [0.25, 0.3) is 5.69 Å². The molecule has 0 unspecified atom stereocenters. The van der Waals surface area contributed by atoms with Crippen LogP contribution in [0.1, 0.15) is 11.3 Å². The summed E-state index contributed by atoms with van der Waals surface area (Å²) in [7, 11) is 0. The Morgan fingerprint density at radius 1 is 1.58 bits per heavy atom. The average molecular weight is 282 g/mol. The summed E-state index contributed by atoms with van der Waals surface area (Å²) in [5.74, 6) is 5.40. The number of nitro groups is 1. The van der Waals surface area contributed by atoms with Gasteiger partial charge < -0.3 is 5.43 Å². The Labute approximate surface area is 114 Å². The van der Waals surface area contributed by atoms with E-state index in [1.165, 1.54) is 18.3 Å². The standard InChI is InChI=1S/C11H12ClN5O2/c1-7-10(12)5-14-16(7)6-8-4-9(17(18)19)2-3-11(8)15-13/h2-5,15H,6,13H2,1H3. The summed E-state index contributed by atoms with van der Waals surface area (Å²) in [4.78, 5) is 10.3. The molecule has 2 aromatic rings. The van der Waals surface area contributed by atoms with Crippen molar-refractivity contribution < 1.29 is 4.92 Å². The number of anilines is 1. The molecule has 0 aliphatic heterocycles. The van der Waals surface area contributed by atoms with E-state index in [1.54, 1.807) is 10.7 Å². The lowest BCUT2D eigenvalue weighted by molar-refractivity contribution is -0.384. The van der Waals surface area contributed by atoms with Gasteiger partial charge in [0.05, 0.1) is 34.1 Å². The second kappa shape index (κ2) is 5.25. The number of aromatic nitrogens is 2. The number of benzene rings is 1. The van der Waals surface area contributed by atoms with Gasteiger partial charge in [-0.2, -0.15) is 5.10 Å². The average Bonchev–Trinajstić information content (AvgIpc) is 2.70. The summed E-state index contributed by atoms with van der Waals surface area (Å²) in [6.07, 6.45) is 1.53. The fourth-order valence-corrected chi connectivity index (χ4v) is 1.85. The highest BCUT2D eigenvalue weighted by Crippen LogP contribution is 2.23. The molecule has 0 saturated carbocycles. The van der Waals surface area contributed by atoms with Crippen LogP contribution in [0.4, 0.5) is 11.4 Å². The largest absolute Gasteiger partial charge is 0.324 e. The van der Waals surface area contributed by atoms with Crippen molar-refractivity contribution in [2.45, 2.75) is 13.5 Å². The molecule has 2 rings (SSSR count). The predicted molar refractivity (Wildman–Crippen MR) is 72.0 cm³/mol. The van der Waals surface area contributed by atoms with E-state index in [9.17, 15) is 10.1 Å². The van der Waals surface area contributed by atoms with Crippen molar-refractivity contribution in [3.05, 3.63) is 50.8 Å². The van der Waals surface area contributed by atoms with Crippen LogP contribution < -0.4 is 11.3 Å². The number of rotatable bonds is 4. The summed E-state index contributed by atoms with van der Waals surface area (Å²) in [5, 5.41) is 15.4. The molecule has 100 valence electrons. The summed E-state index contributed by atoms with van der Waals surface area (Å²) in [5.41, 5.74) is 4.58. The number of nitrogen functional groups attached to an aromatic ring is 1. The first-order chi connectivity index (χ1) is 9.02. The number of halogens is 1. The van der Waals surface area contributed by atoms with Gasteiger partial charge in [0, 0.05) is 17.7 Å². The van der Waals surface area contributed by atoms with Crippen LogP contribution in [0.2, 0.25) is 5.02 Å². The van der Waals surface area contributed by atoms with Crippen LogP contribution in [-0.2, 0) is 6.54 Å². The highest BCUT2D eigenvalue weighted by Gasteiger charge is 2.12. The van der Waals surface area contributed by atoms with Crippen LogP contribution in [0.3, 0.4) is 0 Å². The van der Waals surface area contributed by atoms with Crippen molar-refractivity contribution in [2.75, 3.05) is 5.43 Å². The monoisotopic (exact) mass is 281 g/mol. The minimum Gasteiger partial charge on any atom is -0.324 e. The number of hydrogen-bond donors (Lipinski definition) is 2. The summed E-state index contributed by atoms with van der Waals surface area (Å²) < 4.78 is 1.65. The van der Waals surface area contributed by atoms with Crippen LogP contribution >= 0.6 is 11.6 Å². The molecule has 0 aliphatic carbocycles. The van der Waals surface area contributed by atoms with Crippen molar-refractivity contribution in [3.63, 3.8) is 0 Å². The molecule has 19 heavy (non-hydrogen) atoms. The fourth-order valence-electron chi connectivity index (χ4n) is 1.71. The zero-order valence-electron chi connectivity index (χ0n) is 10.1. The highest BCUT2D eigenvalue weighted by atomic mass is 35.5. The van der Waals surface area contributed by atoms with Gasteiger partial charge in [0.1, 0.15) is 0 Å². The van der Waals surface area contributed by atoms with E-state index < -0.39 is 4.92 Å². The lowest BCUT2D eigenvalue weighted by atomic mass is 10.1. The number of non-ortho nitro benzene ring substituents is 1. The Hall–Kier alpha value is -2.12. The third-order valence-corrected chi connectivity index (χ3v) is 3.19. The molecule has 1 aromatic carbocycles. The third-order valence-electron chi connectivity index (χ3n) is 2.82. The van der Waals surface area contributed by atoms with Crippen LogP contribution in [-0.4, -0.2) is 14.7 Å². The zero-order chi connectivity index (χ0) is 14.0. The number of nitrogens with two attached hydrogens (primary N) is 1. The Bertz CT molecular complexity index is 626. The Morgan fingerprint density at radius 2 is 2.32 bits per heavy atom. The molecule has 0 amide bonds. The number of nitrogens with zero attached hydrogens (tertiary/aromatic N) is 3. The molecule has 1 aromatic heterocycles. The lowest BCUT2D eigenvalue weighted by Crippen LogP contribution is -2.12. The first-order valence-corrected chi connectivity index (χ1v) is 5.82. The smallest absolute Gasteiger partial charge is 0.269 e. The van der Waals surface area contributed by atoms with E-state index in [0.717, 1.165) is 5.69 Å². The van der Waals surface area contributed by atoms with Gasteiger partial charge in [-0.15, -0.1) is 0 Å². The second-order valence-corrected chi connectivity index (χ2v) is 4.39. The van der Waals surface area contributed by atoms with E-state index in [-0.39, 0.29) is 5.69 Å².